The highest BCUT2D eigenvalue weighted by Gasteiger charge is 2.44. The van der Waals surface area contributed by atoms with Crippen LogP contribution < -0.4 is 0 Å². The fourth-order valence-electron chi connectivity index (χ4n) is 2.52. The zero-order valence-electron chi connectivity index (χ0n) is 13.3. The molecule has 6 nitrogen and oxygen atoms in total. The third-order valence-electron chi connectivity index (χ3n) is 4.35. The highest BCUT2D eigenvalue weighted by molar-refractivity contribution is 5.16. The second-order valence-corrected chi connectivity index (χ2v) is 6.42. The number of hydrogen-bond acceptors (Lipinski definition) is 5. The van der Waals surface area contributed by atoms with Crippen LogP contribution in [0.15, 0.2) is 42.1 Å². The smallest absolute Gasteiger partial charge is 0.137 e. The molecule has 0 aliphatic carbocycles. The molecule has 0 bridgehead atoms. The minimum atomic E-state index is -1.21. The summed E-state index contributed by atoms with van der Waals surface area (Å²) in [6.07, 6.45) is 3.85. The summed E-state index contributed by atoms with van der Waals surface area (Å²) in [5.74, 6) is -0.294. The minimum Gasteiger partial charge on any atom is -0.387 e. The molecule has 0 fully saturated rings. The van der Waals surface area contributed by atoms with E-state index in [0.717, 1.165) is 5.56 Å². The average Bonchev–Trinajstić information content (AvgIpc) is 2.99. The van der Waals surface area contributed by atoms with Gasteiger partial charge in [0, 0.05) is 5.41 Å². The predicted molar refractivity (Wildman–Crippen MR) is 84.1 cm³/mol. The van der Waals surface area contributed by atoms with Crippen molar-refractivity contribution >= 4 is 0 Å². The molecule has 1 heterocycles. The van der Waals surface area contributed by atoms with E-state index in [1.165, 1.54) is 29.5 Å². The van der Waals surface area contributed by atoms with Crippen LogP contribution in [0.5, 0.6) is 0 Å². The molecule has 0 aliphatic rings. The maximum absolute atomic E-state index is 13.0. The molecule has 1 N–H and O–H groups in total. The summed E-state index contributed by atoms with van der Waals surface area (Å²) >= 11 is 0. The lowest BCUT2D eigenvalue weighted by atomic mass is 9.71. The molecule has 1 aromatic heterocycles. The monoisotopic (exact) mass is 320 g/mol. The number of halogens is 1. The van der Waals surface area contributed by atoms with Crippen molar-refractivity contribution in [1.82, 2.24) is 14.8 Å². The van der Waals surface area contributed by atoms with Crippen LogP contribution in [-0.4, -0.2) is 32.0 Å². The maximum atomic E-state index is 13.0. The Kier molecular flexibility index (Phi) is 5.20. The first-order chi connectivity index (χ1) is 10.9. The van der Waals surface area contributed by atoms with Gasteiger partial charge in [-0.3, -0.25) is 4.68 Å². The second kappa shape index (κ2) is 6.95. The fraction of sp³-hybridized carbons (Fsp3) is 0.500. The van der Waals surface area contributed by atoms with Gasteiger partial charge in [0.25, 0.3) is 0 Å². The van der Waals surface area contributed by atoms with Gasteiger partial charge < -0.3 is 5.11 Å². The van der Waals surface area contributed by atoms with Crippen molar-refractivity contribution in [2.45, 2.75) is 38.8 Å². The van der Waals surface area contributed by atoms with Crippen LogP contribution >= 0.6 is 0 Å². The third-order valence-corrected chi connectivity index (χ3v) is 4.35. The largest absolute Gasteiger partial charge is 0.387 e. The van der Waals surface area contributed by atoms with E-state index in [-0.39, 0.29) is 18.9 Å². The van der Waals surface area contributed by atoms with Gasteiger partial charge in [-0.15, -0.1) is 0 Å². The lowest BCUT2D eigenvalue weighted by molar-refractivity contribution is -0.0837. The van der Waals surface area contributed by atoms with E-state index in [9.17, 15) is 14.4 Å². The molecule has 1 aromatic carbocycles. The van der Waals surface area contributed by atoms with Crippen LogP contribution in [0.25, 0.3) is 0 Å². The Bertz CT molecular complexity index is 628. The number of aromatic nitrogens is 3. The molecule has 23 heavy (non-hydrogen) atoms. The molecule has 124 valence electrons. The van der Waals surface area contributed by atoms with E-state index in [2.05, 4.69) is 15.3 Å². The number of aryl methyl sites for hydroxylation is 1. The van der Waals surface area contributed by atoms with E-state index in [0.29, 0.717) is 12.8 Å². The summed E-state index contributed by atoms with van der Waals surface area (Å²) < 4.78 is 14.5. The van der Waals surface area contributed by atoms with Gasteiger partial charge in [-0.25, -0.2) is 9.37 Å². The molecule has 2 aromatic rings. The van der Waals surface area contributed by atoms with Gasteiger partial charge in [0.05, 0.1) is 18.7 Å². The van der Waals surface area contributed by atoms with Crippen molar-refractivity contribution in [2.75, 3.05) is 6.54 Å². The van der Waals surface area contributed by atoms with Gasteiger partial charge >= 0.3 is 0 Å². The first-order valence-corrected chi connectivity index (χ1v) is 7.45. The molecular weight excluding hydrogens is 299 g/mol. The lowest BCUT2D eigenvalue weighted by Gasteiger charge is -2.41. The van der Waals surface area contributed by atoms with Gasteiger partial charge in [-0.05, 0) is 30.5 Å². The summed E-state index contributed by atoms with van der Waals surface area (Å²) in [5.41, 5.74) is -1.03. The quantitative estimate of drug-likeness (QED) is 0.758. The Morgan fingerprint density at radius 3 is 2.57 bits per heavy atom. The minimum absolute atomic E-state index is 0.0123. The van der Waals surface area contributed by atoms with Gasteiger partial charge in [-0.2, -0.15) is 10.0 Å². The molecule has 0 aliphatic heterocycles. The molecule has 1 atom stereocenters. The van der Waals surface area contributed by atoms with E-state index in [1.54, 1.807) is 26.0 Å². The Morgan fingerprint density at radius 2 is 2.00 bits per heavy atom. The summed E-state index contributed by atoms with van der Waals surface area (Å²) in [5, 5.41) is 18.2. The first kappa shape index (κ1) is 17.2. The van der Waals surface area contributed by atoms with Crippen LogP contribution in [0.3, 0.4) is 0 Å². The number of hydrogen-bond donors (Lipinski definition) is 1. The number of nitrogens with zero attached hydrogens (tertiary/aromatic N) is 4. The number of aliphatic hydroxyl groups is 1. The Balaban J connectivity index is 2.18. The third kappa shape index (κ3) is 4.19. The SMILES string of the molecule is CC(C)(CN=O)C(O)(CCc1ccc(F)cc1)Cn1cncn1. The summed E-state index contributed by atoms with van der Waals surface area (Å²) in [6, 6.07) is 6.17. The van der Waals surface area contributed by atoms with Crippen LogP contribution in [0.2, 0.25) is 0 Å². The Hall–Kier alpha value is -2.15. The molecule has 2 rings (SSSR count). The maximum Gasteiger partial charge on any atom is 0.137 e. The lowest BCUT2D eigenvalue weighted by Crippen LogP contribution is -2.50. The molecule has 0 saturated carbocycles. The van der Waals surface area contributed by atoms with Crippen LogP contribution in [-0.2, 0) is 13.0 Å². The van der Waals surface area contributed by atoms with Crippen LogP contribution in [0, 0.1) is 16.1 Å². The summed E-state index contributed by atoms with van der Waals surface area (Å²) in [4.78, 5) is 14.6. The van der Waals surface area contributed by atoms with Crippen molar-refractivity contribution in [2.24, 2.45) is 10.6 Å². The molecule has 0 radical (unpaired) electrons. The first-order valence-electron chi connectivity index (χ1n) is 7.45. The highest BCUT2D eigenvalue weighted by atomic mass is 19.1. The molecule has 1 unspecified atom stereocenters. The molecule has 0 spiro atoms. The predicted octanol–water partition coefficient (Wildman–Crippen LogP) is 2.57. The van der Waals surface area contributed by atoms with Crippen molar-refractivity contribution in [3.8, 4) is 0 Å². The standard InChI is InChI=1S/C16H21FN4O2/c1-15(2,9-20-23)16(22,10-21-12-18-11-19-21)8-7-13-3-5-14(17)6-4-13/h3-6,11-12,22H,7-10H2,1-2H3. The topological polar surface area (TPSA) is 80.4 Å². The molecule has 0 amide bonds. The highest BCUT2D eigenvalue weighted by Crippen LogP contribution is 2.36. The van der Waals surface area contributed by atoms with Gasteiger partial charge in [0.1, 0.15) is 18.5 Å². The zero-order chi connectivity index (χ0) is 16.9. The fourth-order valence-corrected chi connectivity index (χ4v) is 2.52. The normalized spacial score (nSPS) is 14.4. The van der Waals surface area contributed by atoms with E-state index < -0.39 is 11.0 Å². The van der Waals surface area contributed by atoms with Gasteiger partial charge in [0.2, 0.25) is 0 Å². The van der Waals surface area contributed by atoms with Crippen molar-refractivity contribution in [3.05, 3.63) is 53.2 Å². The number of benzene rings is 1. The van der Waals surface area contributed by atoms with Crippen LogP contribution in [0.1, 0.15) is 25.8 Å². The van der Waals surface area contributed by atoms with Gasteiger partial charge in [-0.1, -0.05) is 31.2 Å². The van der Waals surface area contributed by atoms with Gasteiger partial charge in [0.15, 0.2) is 0 Å². The zero-order valence-corrected chi connectivity index (χ0v) is 13.3. The van der Waals surface area contributed by atoms with Crippen molar-refractivity contribution in [3.63, 3.8) is 0 Å². The molecule has 7 heteroatoms. The van der Waals surface area contributed by atoms with E-state index in [1.807, 2.05) is 0 Å². The molecular formula is C16H21FN4O2. The van der Waals surface area contributed by atoms with Crippen molar-refractivity contribution in [1.29, 1.82) is 0 Å². The number of nitroso groups, excluding NO2 is 1. The number of rotatable bonds is 8. The second-order valence-electron chi connectivity index (χ2n) is 6.42. The molecule has 0 saturated heterocycles. The summed E-state index contributed by atoms with van der Waals surface area (Å²) in [7, 11) is 0. The Morgan fingerprint density at radius 1 is 1.30 bits per heavy atom. The Labute approximate surface area is 134 Å². The van der Waals surface area contributed by atoms with Crippen LogP contribution in [0.4, 0.5) is 4.39 Å². The average molecular weight is 320 g/mol. The summed E-state index contributed by atoms with van der Waals surface area (Å²) in [6.45, 7) is 3.80. The van der Waals surface area contributed by atoms with E-state index >= 15 is 0 Å². The van der Waals surface area contributed by atoms with Crippen molar-refractivity contribution < 1.29 is 9.50 Å². The van der Waals surface area contributed by atoms with E-state index in [4.69, 9.17) is 0 Å².